The zero-order valence-corrected chi connectivity index (χ0v) is 33.9. The third-order valence-corrected chi connectivity index (χ3v) is 10.8. The molecule has 0 saturated carbocycles. The molecule has 0 saturated heterocycles. The smallest absolute Gasteiger partial charge is 0.744 e. The molecule has 0 heterocycles. The molecule has 4 aromatic carbocycles. The van der Waals surface area contributed by atoms with E-state index in [-0.39, 0.29) is 47.5 Å². The molecule has 0 spiro atoms. The van der Waals surface area contributed by atoms with E-state index in [1.807, 2.05) is 24.3 Å². The normalized spacial score (nSPS) is 11.7. The van der Waals surface area contributed by atoms with Crippen molar-refractivity contribution < 1.29 is 25.9 Å². The molecule has 0 aromatic heterocycles. The summed E-state index contributed by atoms with van der Waals surface area (Å²) in [5, 5.41) is 3.87. The van der Waals surface area contributed by atoms with Crippen molar-refractivity contribution in [3.05, 3.63) is 82.9 Å². The number of rotatable bonds is 18. The predicted molar refractivity (Wildman–Crippen MR) is 202 cm³/mol. The molecule has 0 bridgehead atoms. The van der Waals surface area contributed by atoms with E-state index in [9.17, 15) is 25.9 Å². The fourth-order valence-electron chi connectivity index (χ4n) is 6.44. The topological polar surface area (TPSA) is 114 Å². The van der Waals surface area contributed by atoms with Crippen LogP contribution in [-0.2, 0) is 45.9 Å². The fourth-order valence-corrected chi connectivity index (χ4v) is 7.45. The van der Waals surface area contributed by atoms with Gasteiger partial charge in [-0.3, -0.25) is 0 Å². The molecule has 4 aromatic rings. The van der Waals surface area contributed by atoms with Gasteiger partial charge in [-0.1, -0.05) is 115 Å². The summed E-state index contributed by atoms with van der Waals surface area (Å²) in [6, 6.07) is 17.7. The first-order valence-electron chi connectivity index (χ1n) is 17.9. The Bertz CT molecular complexity index is 1700. The van der Waals surface area contributed by atoms with Crippen molar-refractivity contribution in [3.8, 4) is 0 Å². The van der Waals surface area contributed by atoms with Gasteiger partial charge in [-0.05, 0) is 119 Å². The van der Waals surface area contributed by atoms with Crippen molar-refractivity contribution >= 4 is 79.5 Å². The van der Waals surface area contributed by atoms with Crippen molar-refractivity contribution in [2.45, 2.75) is 140 Å². The molecule has 264 valence electrons. The Morgan fingerprint density at radius 1 is 0.449 bits per heavy atom. The predicted octanol–water partition coefficient (Wildman–Crippen LogP) is 10.0. The molecule has 0 aliphatic carbocycles. The van der Waals surface area contributed by atoms with Crippen LogP contribution in [0.15, 0.2) is 70.5 Å². The zero-order valence-electron chi connectivity index (χ0n) is 30.1. The second kappa shape index (κ2) is 21.8. The molecule has 9 heteroatoms. The first kappa shape index (κ1) is 43.6. The minimum atomic E-state index is -4.41. The molecule has 6 nitrogen and oxygen atoms in total. The van der Waals surface area contributed by atoms with Crippen molar-refractivity contribution in [2.24, 2.45) is 0 Å². The molecule has 4 rings (SSSR count). The van der Waals surface area contributed by atoms with Gasteiger partial charge >= 0.3 is 37.7 Å². The number of fused-ring (bicyclic) bond motifs is 2. The van der Waals surface area contributed by atoms with Crippen LogP contribution in [0.4, 0.5) is 0 Å². The van der Waals surface area contributed by atoms with E-state index in [0.717, 1.165) is 60.1 Å². The van der Waals surface area contributed by atoms with Gasteiger partial charge in [0.05, 0.1) is 9.79 Å². The summed E-state index contributed by atoms with van der Waals surface area (Å²) in [6.07, 6.45) is 18.3. The average Bonchev–Trinajstić information content (AvgIpc) is 3.05. The Labute approximate surface area is 326 Å². The molecular weight excluding hydrogens is 681 g/mol. The number of hydrogen-bond donors (Lipinski definition) is 0. The number of hydrogen-bond acceptors (Lipinski definition) is 6. The number of aryl methyl sites for hydroxylation is 4. The van der Waals surface area contributed by atoms with Crippen LogP contribution < -0.4 is 0 Å². The van der Waals surface area contributed by atoms with Gasteiger partial charge < -0.3 is 9.11 Å². The summed E-state index contributed by atoms with van der Waals surface area (Å²) in [7, 11) is -8.81. The first-order valence-corrected chi connectivity index (χ1v) is 20.8. The van der Waals surface area contributed by atoms with Crippen LogP contribution in [0.25, 0.3) is 21.5 Å². The minimum absolute atomic E-state index is 0. The van der Waals surface area contributed by atoms with E-state index in [0.29, 0.717) is 0 Å². The van der Waals surface area contributed by atoms with E-state index < -0.39 is 20.2 Å². The summed E-state index contributed by atoms with van der Waals surface area (Å²) >= 11 is 0. The number of benzene rings is 4. The Kier molecular flexibility index (Phi) is 19.4. The van der Waals surface area contributed by atoms with Gasteiger partial charge in [-0.25, -0.2) is 16.8 Å². The summed E-state index contributed by atoms with van der Waals surface area (Å²) in [4.78, 5) is -0.290. The van der Waals surface area contributed by atoms with Crippen LogP contribution in [0, 0.1) is 0 Å². The maximum Gasteiger partial charge on any atom is 2.00 e. The van der Waals surface area contributed by atoms with Gasteiger partial charge in [0.1, 0.15) is 20.2 Å². The van der Waals surface area contributed by atoms with Crippen LogP contribution in [0.1, 0.15) is 127 Å². The van der Waals surface area contributed by atoms with Gasteiger partial charge in [0.25, 0.3) is 0 Å². The maximum atomic E-state index is 11.3. The van der Waals surface area contributed by atoms with E-state index in [4.69, 9.17) is 0 Å². The summed E-state index contributed by atoms with van der Waals surface area (Å²) in [5.74, 6) is 0. The van der Waals surface area contributed by atoms with Gasteiger partial charge in [0.15, 0.2) is 0 Å². The molecule has 0 amide bonds. The van der Waals surface area contributed by atoms with E-state index >= 15 is 0 Å². The minimum Gasteiger partial charge on any atom is -0.744 e. The van der Waals surface area contributed by atoms with Crippen LogP contribution in [0.5, 0.6) is 0 Å². The summed E-state index contributed by atoms with van der Waals surface area (Å²) in [5.41, 5.74) is 5.38. The molecule has 0 radical (unpaired) electrons. The molecule has 0 atom stereocenters. The fraction of sp³-hybridized carbons (Fsp3) is 0.500. The molecule has 49 heavy (non-hydrogen) atoms. The van der Waals surface area contributed by atoms with Crippen LogP contribution in [0.2, 0.25) is 0 Å². The second-order valence-corrected chi connectivity index (χ2v) is 15.7. The van der Waals surface area contributed by atoms with E-state index in [1.54, 1.807) is 0 Å². The van der Waals surface area contributed by atoms with Crippen LogP contribution in [-0.4, -0.2) is 63.7 Å². The Morgan fingerprint density at radius 2 is 0.776 bits per heavy atom. The average molecular weight is 735 g/mol. The van der Waals surface area contributed by atoms with Gasteiger partial charge in [-0.2, -0.15) is 0 Å². The second-order valence-electron chi connectivity index (χ2n) is 12.9. The standard InChI is InChI=1S/2C20H28O3S.Ca/c2*1-3-5-7-9-16-11-12-17-15-18(24(21,22)23)13-14-20(17)19(16)10-8-6-4-2;/h2*11-15H,3-10H2,1-2H3,(H,21,22,23);/q;;+2/p-2. The third-order valence-electron chi connectivity index (χ3n) is 9.14. The van der Waals surface area contributed by atoms with E-state index in [1.165, 1.54) is 111 Å². The summed E-state index contributed by atoms with van der Waals surface area (Å²) in [6.45, 7) is 8.79. The third kappa shape index (κ3) is 13.5. The largest absolute Gasteiger partial charge is 2.00 e. The van der Waals surface area contributed by atoms with Crippen LogP contribution >= 0.6 is 0 Å². The SMILES string of the molecule is CCCCCc1ccc2cc(S(=O)(=O)[O-])ccc2c1CCCCC.CCCCCc1ccc2cc(S(=O)(=O)[O-])ccc2c1CCCCC.[Ca+2]. The molecular formula is C40H54CaO6S2. The summed E-state index contributed by atoms with van der Waals surface area (Å²) < 4.78 is 67.5. The molecule has 0 aliphatic rings. The van der Waals surface area contributed by atoms with Crippen molar-refractivity contribution in [2.75, 3.05) is 0 Å². The zero-order chi connectivity index (χ0) is 35.2. The monoisotopic (exact) mass is 734 g/mol. The molecule has 0 aliphatic heterocycles. The first-order chi connectivity index (χ1) is 22.9. The van der Waals surface area contributed by atoms with Crippen molar-refractivity contribution in [3.63, 3.8) is 0 Å². The molecule has 0 unspecified atom stereocenters. The molecule has 0 fully saturated rings. The molecule has 0 N–H and O–H groups in total. The Hall–Kier alpha value is -1.52. The van der Waals surface area contributed by atoms with Gasteiger partial charge in [0, 0.05) is 0 Å². The maximum absolute atomic E-state index is 11.3. The van der Waals surface area contributed by atoms with Crippen molar-refractivity contribution in [1.82, 2.24) is 0 Å². The quantitative estimate of drug-likeness (QED) is 0.0571. The Balaban J connectivity index is 0.000000333. The number of unbranched alkanes of at least 4 members (excludes halogenated alkanes) is 8. The van der Waals surface area contributed by atoms with Crippen LogP contribution in [0.3, 0.4) is 0 Å². The van der Waals surface area contributed by atoms with Crippen molar-refractivity contribution in [1.29, 1.82) is 0 Å². The Morgan fingerprint density at radius 3 is 1.08 bits per heavy atom. The van der Waals surface area contributed by atoms with E-state index in [2.05, 4.69) is 39.8 Å². The van der Waals surface area contributed by atoms with Gasteiger partial charge in [0.2, 0.25) is 0 Å². The van der Waals surface area contributed by atoms with Gasteiger partial charge in [-0.15, -0.1) is 0 Å².